The minimum atomic E-state index is -0.655. The van der Waals surface area contributed by atoms with Crippen LogP contribution >= 0.6 is 23.4 Å². The van der Waals surface area contributed by atoms with E-state index in [1.165, 1.54) is 23.9 Å². The highest BCUT2D eigenvalue weighted by Gasteiger charge is 2.32. The normalized spacial score (nSPS) is 16.6. The second-order valence-corrected chi connectivity index (χ2v) is 7.62. The smallest absolute Gasteiger partial charge is 0.235 e. The van der Waals surface area contributed by atoms with Gasteiger partial charge in [-0.15, -0.1) is 11.8 Å². The molecule has 0 fully saturated rings. The number of halogens is 3. The average molecular weight is 406 g/mol. The number of rotatable bonds is 2. The van der Waals surface area contributed by atoms with Gasteiger partial charge in [0.15, 0.2) is 0 Å². The lowest BCUT2D eigenvalue weighted by atomic mass is 10.0. The minimum absolute atomic E-state index is 0.137. The van der Waals surface area contributed by atoms with E-state index in [2.05, 4.69) is 10.4 Å². The summed E-state index contributed by atoms with van der Waals surface area (Å²) in [6, 6.07) is 10.6. The lowest BCUT2D eigenvalue weighted by Gasteiger charge is -2.16. The number of anilines is 1. The fourth-order valence-electron chi connectivity index (χ4n) is 3.14. The second kappa shape index (κ2) is 6.98. The van der Waals surface area contributed by atoms with Crippen molar-refractivity contribution in [3.8, 4) is 5.69 Å². The van der Waals surface area contributed by atoms with Crippen LogP contribution in [0.3, 0.4) is 0 Å². The molecule has 0 saturated heterocycles. The molecule has 1 N–H and O–H groups in total. The summed E-state index contributed by atoms with van der Waals surface area (Å²) in [6.45, 7) is 1.79. The van der Waals surface area contributed by atoms with Gasteiger partial charge in [0, 0.05) is 17.2 Å². The molecule has 1 aliphatic heterocycles. The summed E-state index contributed by atoms with van der Waals surface area (Å²) in [5.41, 5.74) is 2.22. The fraction of sp³-hybridized carbons (Fsp3) is 0.158. The first-order valence-electron chi connectivity index (χ1n) is 8.16. The van der Waals surface area contributed by atoms with E-state index in [0.29, 0.717) is 33.3 Å². The van der Waals surface area contributed by atoms with Gasteiger partial charge in [-0.25, -0.2) is 13.5 Å². The summed E-state index contributed by atoms with van der Waals surface area (Å²) in [7, 11) is 0. The molecule has 0 bridgehead atoms. The second-order valence-electron chi connectivity index (χ2n) is 6.12. The van der Waals surface area contributed by atoms with Crippen molar-refractivity contribution in [2.45, 2.75) is 12.2 Å². The molecule has 0 radical (unpaired) electrons. The first-order chi connectivity index (χ1) is 13.0. The summed E-state index contributed by atoms with van der Waals surface area (Å²) in [6.07, 6.45) is 0. The van der Waals surface area contributed by atoms with Crippen molar-refractivity contribution in [1.82, 2.24) is 9.78 Å². The van der Waals surface area contributed by atoms with Crippen LogP contribution in [0.2, 0.25) is 5.02 Å². The third-order valence-electron chi connectivity index (χ3n) is 4.33. The summed E-state index contributed by atoms with van der Waals surface area (Å²) in [5, 5.41) is 7.35. The number of hydrogen-bond donors (Lipinski definition) is 1. The highest BCUT2D eigenvalue weighted by molar-refractivity contribution is 8.00. The first-order valence-corrected chi connectivity index (χ1v) is 9.59. The van der Waals surface area contributed by atoms with E-state index in [0.717, 1.165) is 6.07 Å². The Morgan fingerprint density at radius 2 is 2.04 bits per heavy atom. The SMILES string of the molecule is Cc1nn(-c2ccccc2Cl)c2c1[C@H](c1ccc(F)cc1F)SCC(=O)N2. The van der Waals surface area contributed by atoms with Crippen molar-refractivity contribution >= 4 is 35.1 Å². The molecule has 0 unspecified atom stereocenters. The summed E-state index contributed by atoms with van der Waals surface area (Å²) >= 11 is 7.58. The molecule has 8 heteroatoms. The molecule has 4 nitrogen and oxygen atoms in total. The van der Waals surface area contributed by atoms with Gasteiger partial charge in [-0.1, -0.05) is 29.8 Å². The zero-order valence-electron chi connectivity index (χ0n) is 14.2. The maximum Gasteiger partial charge on any atom is 0.235 e. The lowest BCUT2D eigenvalue weighted by molar-refractivity contribution is -0.113. The molecule has 2 heterocycles. The van der Waals surface area contributed by atoms with Crippen molar-refractivity contribution in [1.29, 1.82) is 0 Å². The Balaban J connectivity index is 1.93. The van der Waals surface area contributed by atoms with Gasteiger partial charge in [0.1, 0.15) is 17.5 Å². The molecular formula is C19H14ClF2N3OS. The van der Waals surface area contributed by atoms with E-state index in [1.54, 1.807) is 29.8 Å². The first kappa shape index (κ1) is 18.0. The van der Waals surface area contributed by atoms with Crippen molar-refractivity contribution in [3.05, 3.63) is 75.9 Å². The predicted octanol–water partition coefficient (Wildman–Crippen LogP) is 4.89. The van der Waals surface area contributed by atoms with Crippen molar-refractivity contribution in [2.24, 2.45) is 0 Å². The Morgan fingerprint density at radius 3 is 2.78 bits per heavy atom. The zero-order chi connectivity index (χ0) is 19.1. The van der Waals surface area contributed by atoms with Crippen LogP contribution < -0.4 is 5.32 Å². The largest absolute Gasteiger partial charge is 0.310 e. The van der Waals surface area contributed by atoms with Gasteiger partial charge in [-0.2, -0.15) is 5.10 Å². The van der Waals surface area contributed by atoms with E-state index in [-0.39, 0.29) is 11.7 Å². The molecular weight excluding hydrogens is 392 g/mol. The van der Waals surface area contributed by atoms with Crippen LogP contribution in [0.15, 0.2) is 42.5 Å². The summed E-state index contributed by atoms with van der Waals surface area (Å²) < 4.78 is 29.4. The van der Waals surface area contributed by atoms with E-state index < -0.39 is 16.9 Å². The Labute approximate surface area is 163 Å². The standard InChI is InChI=1S/C19H14ClF2N3OS/c1-10-17-18(12-7-6-11(21)8-14(12)22)27-9-16(26)23-19(17)25(24-10)15-5-3-2-4-13(15)20/h2-8,18H,9H2,1H3,(H,23,26)/t18-/m0/s1. The maximum absolute atomic E-state index is 14.5. The minimum Gasteiger partial charge on any atom is -0.310 e. The third kappa shape index (κ3) is 3.21. The van der Waals surface area contributed by atoms with E-state index in [4.69, 9.17) is 11.6 Å². The molecule has 0 spiro atoms. The van der Waals surface area contributed by atoms with Gasteiger partial charge in [-0.3, -0.25) is 4.79 Å². The molecule has 138 valence electrons. The van der Waals surface area contributed by atoms with Gasteiger partial charge in [0.05, 0.1) is 27.4 Å². The number of amides is 1. The van der Waals surface area contributed by atoms with Crippen molar-refractivity contribution in [3.63, 3.8) is 0 Å². The van der Waals surface area contributed by atoms with Gasteiger partial charge >= 0.3 is 0 Å². The number of carbonyl (C=O) groups excluding carboxylic acids is 1. The highest BCUT2D eigenvalue weighted by atomic mass is 35.5. The van der Waals surface area contributed by atoms with Crippen molar-refractivity contribution < 1.29 is 13.6 Å². The number of thioether (sulfide) groups is 1. The zero-order valence-corrected chi connectivity index (χ0v) is 15.7. The molecule has 0 saturated carbocycles. The van der Waals surface area contributed by atoms with Crippen LogP contribution in [0.5, 0.6) is 0 Å². The molecule has 2 aromatic carbocycles. The number of carbonyl (C=O) groups is 1. The average Bonchev–Trinajstić information content (AvgIpc) is 2.82. The van der Waals surface area contributed by atoms with E-state index >= 15 is 0 Å². The highest BCUT2D eigenvalue weighted by Crippen LogP contribution is 2.45. The van der Waals surface area contributed by atoms with Gasteiger partial charge in [-0.05, 0) is 25.1 Å². The fourth-order valence-corrected chi connectivity index (χ4v) is 4.57. The number of aryl methyl sites for hydroxylation is 1. The Bertz CT molecular complexity index is 1050. The summed E-state index contributed by atoms with van der Waals surface area (Å²) in [4.78, 5) is 12.3. The van der Waals surface area contributed by atoms with Crippen LogP contribution in [0.4, 0.5) is 14.6 Å². The number of nitrogens with one attached hydrogen (secondary N) is 1. The van der Waals surface area contributed by atoms with Gasteiger partial charge in [0.25, 0.3) is 0 Å². The van der Waals surface area contributed by atoms with Gasteiger partial charge in [0.2, 0.25) is 5.91 Å². The number of para-hydroxylation sites is 1. The molecule has 1 aliphatic rings. The number of hydrogen-bond acceptors (Lipinski definition) is 3. The van der Waals surface area contributed by atoms with Crippen LogP contribution in [0, 0.1) is 18.6 Å². The quantitative estimate of drug-likeness (QED) is 0.660. The van der Waals surface area contributed by atoms with Crippen LogP contribution in [0.25, 0.3) is 5.69 Å². The monoisotopic (exact) mass is 405 g/mol. The number of nitrogens with zero attached hydrogens (tertiary/aromatic N) is 2. The van der Waals surface area contributed by atoms with E-state index in [9.17, 15) is 13.6 Å². The maximum atomic E-state index is 14.5. The Kier molecular flexibility index (Phi) is 4.65. The summed E-state index contributed by atoms with van der Waals surface area (Å²) in [5.74, 6) is -0.938. The van der Waals surface area contributed by atoms with Crippen molar-refractivity contribution in [2.75, 3.05) is 11.1 Å². The molecule has 1 atom stereocenters. The third-order valence-corrected chi connectivity index (χ3v) is 5.90. The topological polar surface area (TPSA) is 46.9 Å². The molecule has 3 aromatic rings. The van der Waals surface area contributed by atoms with E-state index in [1.807, 2.05) is 6.07 Å². The Hall–Kier alpha value is -2.38. The Morgan fingerprint density at radius 1 is 1.26 bits per heavy atom. The van der Waals surface area contributed by atoms with Crippen LogP contribution in [-0.2, 0) is 4.79 Å². The van der Waals surface area contributed by atoms with Gasteiger partial charge < -0.3 is 5.32 Å². The van der Waals surface area contributed by atoms with Crippen LogP contribution in [0.1, 0.15) is 22.1 Å². The molecule has 0 aliphatic carbocycles. The lowest BCUT2D eigenvalue weighted by Crippen LogP contribution is -2.16. The number of fused-ring (bicyclic) bond motifs is 1. The number of benzene rings is 2. The molecule has 27 heavy (non-hydrogen) atoms. The number of aromatic nitrogens is 2. The van der Waals surface area contributed by atoms with Crippen LogP contribution in [-0.4, -0.2) is 21.4 Å². The molecule has 4 rings (SSSR count). The molecule has 1 amide bonds. The predicted molar refractivity (Wildman–Crippen MR) is 103 cm³/mol. The molecule has 1 aromatic heterocycles.